The topological polar surface area (TPSA) is 85.5 Å². The lowest BCUT2D eigenvalue weighted by molar-refractivity contribution is -0.385. The second-order valence-corrected chi connectivity index (χ2v) is 4.04. The van der Waals surface area contributed by atoms with E-state index in [0.29, 0.717) is 5.69 Å². The predicted octanol–water partition coefficient (Wildman–Crippen LogP) is 2.97. The van der Waals surface area contributed by atoms with E-state index >= 15 is 0 Å². The Hall–Kier alpha value is -2.54. The second-order valence-electron chi connectivity index (χ2n) is 4.04. The van der Waals surface area contributed by atoms with Gasteiger partial charge >= 0.3 is 5.69 Å². The number of nitro groups is 1. The van der Waals surface area contributed by atoms with Gasteiger partial charge in [-0.15, -0.1) is 0 Å². The van der Waals surface area contributed by atoms with Crippen LogP contribution < -0.4 is 4.74 Å². The maximum Gasteiger partial charge on any atom is 0.314 e. The summed E-state index contributed by atoms with van der Waals surface area (Å²) in [6, 6.07) is 6.39. The fourth-order valence-corrected chi connectivity index (χ4v) is 1.56. The molecule has 1 heterocycles. The first-order valence-corrected chi connectivity index (χ1v) is 5.74. The normalized spacial score (nSPS) is 11.9. The average molecular weight is 278 g/mol. The second kappa shape index (κ2) is 5.62. The van der Waals surface area contributed by atoms with E-state index in [2.05, 4.69) is 4.98 Å². The molecular weight excluding hydrogens is 267 g/mol. The molecule has 7 heteroatoms. The fraction of sp³-hybridized carbons (Fsp3) is 0.154. The number of ether oxygens (including phenoxy) is 1. The smallest absolute Gasteiger partial charge is 0.314 e. The van der Waals surface area contributed by atoms with Gasteiger partial charge in [-0.05, 0) is 25.1 Å². The van der Waals surface area contributed by atoms with Crippen LogP contribution in [0.2, 0.25) is 0 Å². The van der Waals surface area contributed by atoms with Crippen molar-refractivity contribution < 1.29 is 19.2 Å². The van der Waals surface area contributed by atoms with Crippen molar-refractivity contribution in [1.29, 1.82) is 0 Å². The molecule has 2 aromatic rings. The summed E-state index contributed by atoms with van der Waals surface area (Å²) in [4.78, 5) is 14.0. The van der Waals surface area contributed by atoms with E-state index in [1.807, 2.05) is 0 Å². The van der Waals surface area contributed by atoms with Crippen molar-refractivity contribution in [3.05, 3.63) is 58.2 Å². The first-order chi connectivity index (χ1) is 9.49. The Balaban J connectivity index is 2.32. The van der Waals surface area contributed by atoms with Gasteiger partial charge in [0.25, 0.3) is 0 Å². The van der Waals surface area contributed by atoms with Gasteiger partial charge in [0.2, 0.25) is 5.75 Å². The number of aliphatic hydroxyl groups is 1. The van der Waals surface area contributed by atoms with Crippen molar-refractivity contribution in [2.45, 2.75) is 13.0 Å². The van der Waals surface area contributed by atoms with Crippen LogP contribution >= 0.6 is 0 Å². The molecule has 20 heavy (non-hydrogen) atoms. The van der Waals surface area contributed by atoms with Crippen LogP contribution in [0.15, 0.2) is 36.5 Å². The quantitative estimate of drug-likeness (QED) is 0.686. The van der Waals surface area contributed by atoms with Gasteiger partial charge in [-0.1, -0.05) is 6.07 Å². The van der Waals surface area contributed by atoms with Crippen molar-refractivity contribution in [3.8, 4) is 11.5 Å². The molecule has 2 rings (SSSR count). The molecule has 0 spiro atoms. The van der Waals surface area contributed by atoms with Gasteiger partial charge < -0.3 is 9.84 Å². The van der Waals surface area contributed by atoms with E-state index in [1.165, 1.54) is 24.4 Å². The molecule has 0 aliphatic carbocycles. The standard InChI is InChI=1S/C13H11FN2O4/c1-8(17)11-6-5-9(7-15-11)20-13-10(14)3-2-4-12(13)16(18)19/h2-8,17H,1H3/t8-/m1/s1. The number of halogens is 1. The first kappa shape index (κ1) is 13.9. The minimum Gasteiger partial charge on any atom is -0.445 e. The average Bonchev–Trinajstić information content (AvgIpc) is 2.41. The number of nitrogens with zero attached hydrogens (tertiary/aromatic N) is 2. The highest BCUT2D eigenvalue weighted by Crippen LogP contribution is 2.33. The summed E-state index contributed by atoms with van der Waals surface area (Å²) in [5, 5.41) is 20.1. The Morgan fingerprint density at radius 1 is 1.40 bits per heavy atom. The van der Waals surface area contributed by atoms with E-state index in [0.717, 1.165) is 12.1 Å². The van der Waals surface area contributed by atoms with Gasteiger partial charge in [-0.2, -0.15) is 0 Å². The molecule has 0 saturated carbocycles. The van der Waals surface area contributed by atoms with Gasteiger partial charge in [-0.3, -0.25) is 15.1 Å². The zero-order chi connectivity index (χ0) is 14.7. The summed E-state index contributed by atoms with van der Waals surface area (Å²) >= 11 is 0. The van der Waals surface area contributed by atoms with Crippen LogP contribution in [0, 0.1) is 15.9 Å². The van der Waals surface area contributed by atoms with Crippen molar-refractivity contribution in [2.24, 2.45) is 0 Å². The van der Waals surface area contributed by atoms with E-state index in [1.54, 1.807) is 6.92 Å². The van der Waals surface area contributed by atoms with E-state index in [9.17, 15) is 19.6 Å². The maximum atomic E-state index is 13.6. The predicted molar refractivity (Wildman–Crippen MR) is 68.0 cm³/mol. The first-order valence-electron chi connectivity index (χ1n) is 5.74. The zero-order valence-electron chi connectivity index (χ0n) is 10.5. The number of hydrogen-bond donors (Lipinski definition) is 1. The molecule has 0 saturated heterocycles. The number of aliphatic hydroxyl groups excluding tert-OH is 1. The Morgan fingerprint density at radius 2 is 2.15 bits per heavy atom. The monoisotopic (exact) mass is 278 g/mol. The molecule has 6 nitrogen and oxygen atoms in total. The van der Waals surface area contributed by atoms with Crippen LogP contribution in [0.4, 0.5) is 10.1 Å². The third-order valence-corrected chi connectivity index (χ3v) is 2.55. The SMILES string of the molecule is C[C@@H](O)c1ccc(Oc2c(F)cccc2[N+](=O)[O-])cn1. The lowest BCUT2D eigenvalue weighted by Crippen LogP contribution is -1.98. The van der Waals surface area contributed by atoms with Crippen LogP contribution in [0.25, 0.3) is 0 Å². The van der Waals surface area contributed by atoms with Gasteiger partial charge in [0.1, 0.15) is 5.75 Å². The maximum absolute atomic E-state index is 13.6. The third kappa shape index (κ3) is 2.89. The molecule has 104 valence electrons. The number of nitro benzene ring substituents is 1. The zero-order valence-corrected chi connectivity index (χ0v) is 10.5. The molecule has 1 aromatic heterocycles. The van der Waals surface area contributed by atoms with Crippen molar-refractivity contribution in [2.75, 3.05) is 0 Å². The van der Waals surface area contributed by atoms with Crippen molar-refractivity contribution in [3.63, 3.8) is 0 Å². The largest absolute Gasteiger partial charge is 0.445 e. The Bertz CT molecular complexity index is 629. The molecule has 0 bridgehead atoms. The number of pyridine rings is 1. The molecule has 0 unspecified atom stereocenters. The molecule has 0 radical (unpaired) electrons. The van der Waals surface area contributed by atoms with Crippen LogP contribution in [0.1, 0.15) is 18.7 Å². The van der Waals surface area contributed by atoms with Crippen LogP contribution in [-0.2, 0) is 0 Å². The van der Waals surface area contributed by atoms with Crippen molar-refractivity contribution in [1.82, 2.24) is 4.98 Å². The number of benzene rings is 1. The number of aromatic nitrogens is 1. The molecule has 0 aliphatic rings. The van der Waals surface area contributed by atoms with Crippen LogP contribution in [0.3, 0.4) is 0 Å². The number of rotatable bonds is 4. The van der Waals surface area contributed by atoms with Crippen LogP contribution in [0.5, 0.6) is 11.5 Å². The Kier molecular flexibility index (Phi) is 3.90. The van der Waals surface area contributed by atoms with E-state index < -0.39 is 28.3 Å². The fourth-order valence-electron chi connectivity index (χ4n) is 1.56. The molecule has 1 aromatic carbocycles. The third-order valence-electron chi connectivity index (χ3n) is 2.55. The summed E-state index contributed by atoms with van der Waals surface area (Å²) in [6.07, 6.45) is 0.518. The van der Waals surface area contributed by atoms with Gasteiger partial charge in [-0.25, -0.2) is 4.39 Å². The van der Waals surface area contributed by atoms with Gasteiger partial charge in [0.15, 0.2) is 5.82 Å². The minimum absolute atomic E-state index is 0.141. The van der Waals surface area contributed by atoms with Crippen molar-refractivity contribution >= 4 is 5.69 Å². The lowest BCUT2D eigenvalue weighted by Gasteiger charge is -2.08. The number of hydrogen-bond acceptors (Lipinski definition) is 5. The molecular formula is C13H11FN2O4. The molecule has 0 fully saturated rings. The highest BCUT2D eigenvalue weighted by atomic mass is 19.1. The Labute approximate surface area is 113 Å². The summed E-state index contributed by atoms with van der Waals surface area (Å²) in [5.74, 6) is -1.16. The Morgan fingerprint density at radius 3 is 2.70 bits per heavy atom. The van der Waals surface area contributed by atoms with E-state index in [4.69, 9.17) is 4.74 Å². The lowest BCUT2D eigenvalue weighted by atomic mass is 10.2. The molecule has 0 aliphatic heterocycles. The molecule has 1 N–H and O–H groups in total. The number of para-hydroxylation sites is 1. The summed E-state index contributed by atoms with van der Waals surface area (Å²) in [7, 11) is 0. The summed E-state index contributed by atoms with van der Waals surface area (Å²) in [5.41, 5.74) is -0.0509. The summed E-state index contributed by atoms with van der Waals surface area (Å²) < 4.78 is 18.8. The molecule has 0 amide bonds. The van der Waals surface area contributed by atoms with Gasteiger partial charge in [0, 0.05) is 6.07 Å². The highest BCUT2D eigenvalue weighted by molar-refractivity contribution is 5.49. The van der Waals surface area contributed by atoms with Crippen LogP contribution in [-0.4, -0.2) is 15.0 Å². The summed E-state index contributed by atoms with van der Waals surface area (Å²) in [6.45, 7) is 1.55. The van der Waals surface area contributed by atoms with E-state index in [-0.39, 0.29) is 5.75 Å². The van der Waals surface area contributed by atoms with Gasteiger partial charge in [0.05, 0.1) is 22.9 Å². The molecule has 1 atom stereocenters. The minimum atomic E-state index is -0.834. The highest BCUT2D eigenvalue weighted by Gasteiger charge is 2.20.